The summed E-state index contributed by atoms with van der Waals surface area (Å²) in [6, 6.07) is 16.0. The Morgan fingerprint density at radius 3 is 2.11 bits per heavy atom. The van der Waals surface area contributed by atoms with Gasteiger partial charge in [0.25, 0.3) is 17.7 Å². The molecule has 1 aliphatic heterocycles. The van der Waals surface area contributed by atoms with Gasteiger partial charge in [-0.05, 0) is 30.5 Å². The first-order chi connectivity index (χ1) is 13.6. The molecule has 2 aliphatic rings. The Hall–Kier alpha value is -2.66. The molecule has 1 saturated heterocycles. The second kappa shape index (κ2) is 7.76. The van der Waals surface area contributed by atoms with Crippen LogP contribution in [0.1, 0.15) is 41.6 Å². The zero-order chi connectivity index (χ0) is 19.7. The Morgan fingerprint density at radius 1 is 0.929 bits per heavy atom. The van der Waals surface area contributed by atoms with E-state index in [-0.39, 0.29) is 35.8 Å². The molecular weight excluding hydrogens is 376 g/mol. The summed E-state index contributed by atoms with van der Waals surface area (Å²) in [4.78, 5) is 39.5. The van der Waals surface area contributed by atoms with E-state index in [9.17, 15) is 14.4 Å². The molecule has 0 radical (unpaired) electrons. The van der Waals surface area contributed by atoms with Crippen LogP contribution in [0.4, 0.5) is 0 Å². The minimum Gasteiger partial charge on any atom is -0.272 e. The molecule has 6 heteroatoms. The standard InChI is InChI=1S/C22H21ClN2O3/c23-19-13-7-6-12-18(19)20(26)24(14-15-8-2-1-3-9-15)25-21(27)16-10-4-5-11-17(16)22(25)28/h1-3,6-9,12-13,16-17H,4-5,10-11,14H2/t16-,17+. The van der Waals surface area contributed by atoms with Crippen molar-refractivity contribution in [1.29, 1.82) is 0 Å². The molecule has 5 nitrogen and oxygen atoms in total. The summed E-state index contributed by atoms with van der Waals surface area (Å²) in [6.07, 6.45) is 3.27. The third-order valence-corrected chi connectivity index (χ3v) is 5.90. The van der Waals surface area contributed by atoms with E-state index in [1.165, 1.54) is 5.01 Å². The number of halogens is 1. The molecule has 28 heavy (non-hydrogen) atoms. The van der Waals surface area contributed by atoms with Crippen LogP contribution in [0.3, 0.4) is 0 Å². The number of fused-ring (bicyclic) bond motifs is 1. The lowest BCUT2D eigenvalue weighted by Crippen LogP contribution is -2.49. The number of imide groups is 1. The van der Waals surface area contributed by atoms with Gasteiger partial charge in [-0.25, -0.2) is 5.01 Å². The molecule has 1 aliphatic carbocycles. The van der Waals surface area contributed by atoms with Crippen molar-refractivity contribution < 1.29 is 14.4 Å². The van der Waals surface area contributed by atoms with Crippen LogP contribution in [0.5, 0.6) is 0 Å². The lowest BCUT2D eigenvalue weighted by atomic mass is 9.81. The van der Waals surface area contributed by atoms with Crippen LogP contribution in [0.15, 0.2) is 54.6 Å². The number of hydrogen-bond donors (Lipinski definition) is 0. The average molecular weight is 397 g/mol. The van der Waals surface area contributed by atoms with E-state index in [4.69, 9.17) is 11.6 Å². The highest BCUT2D eigenvalue weighted by Crippen LogP contribution is 2.39. The molecule has 144 valence electrons. The lowest BCUT2D eigenvalue weighted by Gasteiger charge is -2.31. The minimum atomic E-state index is -0.449. The van der Waals surface area contributed by atoms with Gasteiger partial charge in [-0.15, -0.1) is 0 Å². The Labute approximate surface area is 168 Å². The lowest BCUT2D eigenvalue weighted by molar-refractivity contribution is -0.155. The quantitative estimate of drug-likeness (QED) is 0.732. The van der Waals surface area contributed by atoms with Gasteiger partial charge in [0.2, 0.25) is 0 Å². The summed E-state index contributed by atoms with van der Waals surface area (Å²) >= 11 is 6.23. The van der Waals surface area contributed by atoms with Gasteiger partial charge in [0.15, 0.2) is 0 Å². The monoisotopic (exact) mass is 396 g/mol. The molecule has 2 aromatic rings. The van der Waals surface area contributed by atoms with Crippen LogP contribution in [0.2, 0.25) is 5.02 Å². The highest BCUT2D eigenvalue weighted by molar-refractivity contribution is 6.33. The van der Waals surface area contributed by atoms with E-state index in [2.05, 4.69) is 0 Å². The Bertz CT molecular complexity index is 891. The third-order valence-electron chi connectivity index (χ3n) is 5.57. The maximum absolute atomic E-state index is 13.3. The summed E-state index contributed by atoms with van der Waals surface area (Å²) < 4.78 is 0. The maximum Gasteiger partial charge on any atom is 0.274 e. The Kier molecular flexibility index (Phi) is 5.18. The maximum atomic E-state index is 13.3. The minimum absolute atomic E-state index is 0.127. The SMILES string of the molecule is O=C(c1ccccc1Cl)N(Cc1ccccc1)N1C(=O)[C@H]2CCCC[C@H]2C1=O. The van der Waals surface area contributed by atoms with Crippen LogP contribution < -0.4 is 0 Å². The normalized spacial score (nSPS) is 21.5. The fraction of sp³-hybridized carbons (Fsp3) is 0.318. The number of carbonyl (C=O) groups excluding carboxylic acids is 3. The number of benzene rings is 2. The smallest absolute Gasteiger partial charge is 0.272 e. The molecule has 0 unspecified atom stereocenters. The fourth-order valence-corrected chi connectivity index (χ4v) is 4.36. The van der Waals surface area contributed by atoms with Crippen molar-refractivity contribution in [2.24, 2.45) is 11.8 Å². The van der Waals surface area contributed by atoms with Crippen molar-refractivity contribution in [3.05, 3.63) is 70.7 Å². The molecule has 1 saturated carbocycles. The summed E-state index contributed by atoms with van der Waals surface area (Å²) in [6.45, 7) is 0.127. The largest absolute Gasteiger partial charge is 0.274 e. The number of hydrazine groups is 1. The first-order valence-corrected chi connectivity index (χ1v) is 9.94. The molecule has 4 rings (SSSR count). The molecule has 0 bridgehead atoms. The molecule has 3 amide bonds. The summed E-state index contributed by atoms with van der Waals surface area (Å²) in [5.74, 6) is -1.64. The van der Waals surface area contributed by atoms with E-state index >= 15 is 0 Å². The zero-order valence-corrected chi connectivity index (χ0v) is 16.1. The third kappa shape index (κ3) is 3.31. The van der Waals surface area contributed by atoms with Crippen molar-refractivity contribution in [3.8, 4) is 0 Å². The highest BCUT2D eigenvalue weighted by Gasteiger charge is 2.51. The fourth-order valence-electron chi connectivity index (χ4n) is 4.15. The van der Waals surface area contributed by atoms with Gasteiger partial charge in [0, 0.05) is 0 Å². The summed E-state index contributed by atoms with van der Waals surface area (Å²) in [5, 5.41) is 2.64. The van der Waals surface area contributed by atoms with Gasteiger partial charge in [0.1, 0.15) is 0 Å². The Balaban J connectivity index is 1.72. The van der Waals surface area contributed by atoms with E-state index in [1.807, 2.05) is 30.3 Å². The molecule has 2 aromatic carbocycles. The Morgan fingerprint density at radius 2 is 1.50 bits per heavy atom. The number of nitrogens with zero attached hydrogens (tertiary/aromatic N) is 2. The van der Waals surface area contributed by atoms with E-state index in [1.54, 1.807) is 24.3 Å². The van der Waals surface area contributed by atoms with Gasteiger partial charge in [0.05, 0.1) is 29.0 Å². The van der Waals surface area contributed by atoms with Gasteiger partial charge in [-0.3, -0.25) is 14.4 Å². The predicted molar refractivity (Wildman–Crippen MR) is 105 cm³/mol. The number of amides is 3. The molecule has 2 fully saturated rings. The molecule has 0 spiro atoms. The van der Waals surface area contributed by atoms with E-state index in [0.29, 0.717) is 17.9 Å². The van der Waals surface area contributed by atoms with Gasteiger partial charge in [-0.2, -0.15) is 5.01 Å². The van der Waals surface area contributed by atoms with Crippen LogP contribution in [0.25, 0.3) is 0 Å². The molecule has 1 heterocycles. The van der Waals surface area contributed by atoms with E-state index < -0.39 is 5.91 Å². The molecular formula is C22H21ClN2O3. The number of rotatable bonds is 4. The van der Waals surface area contributed by atoms with Crippen LogP contribution in [-0.2, 0) is 16.1 Å². The molecule has 0 N–H and O–H groups in total. The van der Waals surface area contributed by atoms with Crippen LogP contribution in [-0.4, -0.2) is 27.7 Å². The van der Waals surface area contributed by atoms with E-state index in [0.717, 1.165) is 23.4 Å². The zero-order valence-electron chi connectivity index (χ0n) is 15.4. The topological polar surface area (TPSA) is 57.7 Å². The molecule has 0 aromatic heterocycles. The van der Waals surface area contributed by atoms with Crippen molar-refractivity contribution in [1.82, 2.24) is 10.0 Å². The van der Waals surface area contributed by atoms with Gasteiger partial charge >= 0.3 is 0 Å². The van der Waals surface area contributed by atoms with Crippen LogP contribution >= 0.6 is 11.6 Å². The summed E-state index contributed by atoms with van der Waals surface area (Å²) in [5.41, 5.74) is 1.11. The first-order valence-electron chi connectivity index (χ1n) is 9.56. The average Bonchev–Trinajstić information content (AvgIpc) is 2.98. The van der Waals surface area contributed by atoms with Crippen molar-refractivity contribution in [2.75, 3.05) is 0 Å². The molecule has 2 atom stereocenters. The van der Waals surface area contributed by atoms with Gasteiger partial charge < -0.3 is 0 Å². The first kappa shape index (κ1) is 18.7. The van der Waals surface area contributed by atoms with Crippen molar-refractivity contribution in [2.45, 2.75) is 32.2 Å². The number of hydrogen-bond acceptors (Lipinski definition) is 3. The highest BCUT2D eigenvalue weighted by atomic mass is 35.5. The predicted octanol–water partition coefficient (Wildman–Crippen LogP) is 4.07. The second-order valence-corrected chi connectivity index (χ2v) is 7.72. The second-order valence-electron chi connectivity index (χ2n) is 7.31. The van der Waals surface area contributed by atoms with Gasteiger partial charge in [-0.1, -0.05) is 66.9 Å². The summed E-state index contributed by atoms with van der Waals surface area (Å²) in [7, 11) is 0. The number of carbonyl (C=O) groups is 3. The van der Waals surface area contributed by atoms with Crippen molar-refractivity contribution >= 4 is 29.3 Å². The van der Waals surface area contributed by atoms with Crippen molar-refractivity contribution in [3.63, 3.8) is 0 Å². The van der Waals surface area contributed by atoms with Crippen LogP contribution in [0, 0.1) is 11.8 Å².